The lowest BCUT2D eigenvalue weighted by molar-refractivity contribution is 0.0302. The number of pyridine rings is 1. The zero-order valence-electron chi connectivity index (χ0n) is 18.5. The van der Waals surface area contributed by atoms with Crippen LogP contribution in [0.15, 0.2) is 65.7 Å². The van der Waals surface area contributed by atoms with Gasteiger partial charge in [0.2, 0.25) is 0 Å². The van der Waals surface area contributed by atoms with E-state index in [0.717, 1.165) is 25.0 Å². The van der Waals surface area contributed by atoms with Gasteiger partial charge in [-0.3, -0.25) is 19.4 Å². The number of carbonyl (C=O) groups excluding carboxylic acids is 1. The number of carbonyl (C=O) groups is 1. The van der Waals surface area contributed by atoms with E-state index >= 15 is 0 Å². The largest absolute Gasteiger partial charge is 0.331 e. The van der Waals surface area contributed by atoms with E-state index < -0.39 is 10.0 Å². The predicted octanol–water partition coefficient (Wildman–Crippen LogP) is 3.59. The van der Waals surface area contributed by atoms with Gasteiger partial charge in [-0.25, -0.2) is 8.42 Å². The molecule has 168 valence electrons. The molecule has 4 rings (SSSR count). The molecular formula is C24H28N4O3S. The number of benzene rings is 2. The molecule has 8 heteroatoms. The molecule has 1 saturated heterocycles. The van der Waals surface area contributed by atoms with Crippen LogP contribution in [0.1, 0.15) is 31.1 Å². The molecule has 2 aromatic carbocycles. The molecule has 2 atom stereocenters. The number of amides is 1. The number of nitrogens with zero attached hydrogens (tertiary/aromatic N) is 3. The monoisotopic (exact) mass is 452 g/mol. The number of fused-ring (bicyclic) bond motifs is 1. The molecule has 1 aliphatic rings. The number of rotatable bonds is 5. The predicted molar refractivity (Wildman–Crippen MR) is 126 cm³/mol. The Balaban J connectivity index is 1.53. The SMILES string of the molecule is CCN1CC(C)N(C(=O)c2ccc(NS(=O)(=O)c3cccc4cccnc34)cc2)C(C)C1. The van der Waals surface area contributed by atoms with Crippen LogP contribution in [0.5, 0.6) is 0 Å². The van der Waals surface area contributed by atoms with Crippen molar-refractivity contribution in [1.82, 2.24) is 14.8 Å². The van der Waals surface area contributed by atoms with E-state index in [4.69, 9.17) is 0 Å². The summed E-state index contributed by atoms with van der Waals surface area (Å²) in [7, 11) is -3.83. The third-order valence-electron chi connectivity index (χ3n) is 5.95. The first-order valence-corrected chi connectivity index (χ1v) is 12.3. The normalized spacial score (nSPS) is 19.8. The zero-order valence-corrected chi connectivity index (χ0v) is 19.3. The number of piperazine rings is 1. The summed E-state index contributed by atoms with van der Waals surface area (Å²) in [5, 5.41) is 0.753. The molecule has 1 aromatic heterocycles. The van der Waals surface area contributed by atoms with Crippen molar-refractivity contribution in [1.29, 1.82) is 0 Å². The van der Waals surface area contributed by atoms with Crippen LogP contribution < -0.4 is 4.72 Å². The van der Waals surface area contributed by atoms with Crippen LogP contribution in [0.4, 0.5) is 5.69 Å². The highest BCUT2D eigenvalue weighted by Gasteiger charge is 2.32. The Kier molecular flexibility index (Phi) is 6.17. The Labute approximate surface area is 189 Å². The maximum absolute atomic E-state index is 13.1. The number of nitrogens with one attached hydrogen (secondary N) is 1. The van der Waals surface area contributed by atoms with Crippen molar-refractivity contribution in [2.75, 3.05) is 24.4 Å². The third kappa shape index (κ3) is 4.33. The van der Waals surface area contributed by atoms with E-state index in [1.165, 1.54) is 6.07 Å². The second-order valence-corrected chi connectivity index (χ2v) is 9.93. The summed E-state index contributed by atoms with van der Waals surface area (Å²) in [5.74, 6) is -0.0339. The van der Waals surface area contributed by atoms with Crippen molar-refractivity contribution < 1.29 is 13.2 Å². The maximum atomic E-state index is 13.1. The minimum atomic E-state index is -3.83. The molecule has 2 heterocycles. The molecule has 0 radical (unpaired) electrons. The molecule has 1 aliphatic heterocycles. The first-order valence-electron chi connectivity index (χ1n) is 10.8. The molecule has 0 bridgehead atoms. The number of hydrogen-bond donors (Lipinski definition) is 1. The molecule has 1 N–H and O–H groups in total. The van der Waals surface area contributed by atoms with E-state index in [-0.39, 0.29) is 22.9 Å². The lowest BCUT2D eigenvalue weighted by atomic mass is 10.1. The Hall–Kier alpha value is -2.97. The fourth-order valence-corrected chi connectivity index (χ4v) is 5.66. The number of para-hydroxylation sites is 1. The van der Waals surface area contributed by atoms with Crippen LogP contribution in [-0.4, -0.2) is 60.8 Å². The smallest absolute Gasteiger partial charge is 0.264 e. The summed E-state index contributed by atoms with van der Waals surface area (Å²) in [4.78, 5) is 21.8. The fourth-order valence-electron chi connectivity index (χ4n) is 4.42. The average Bonchev–Trinajstić information content (AvgIpc) is 2.78. The van der Waals surface area contributed by atoms with E-state index in [9.17, 15) is 13.2 Å². The van der Waals surface area contributed by atoms with Gasteiger partial charge in [-0.05, 0) is 56.8 Å². The molecule has 0 spiro atoms. The summed E-state index contributed by atoms with van der Waals surface area (Å²) in [6.45, 7) is 8.93. The number of anilines is 1. The highest BCUT2D eigenvalue weighted by atomic mass is 32.2. The van der Waals surface area contributed by atoms with Gasteiger partial charge in [-0.2, -0.15) is 0 Å². The van der Waals surface area contributed by atoms with Gasteiger partial charge in [0, 0.05) is 48.0 Å². The van der Waals surface area contributed by atoms with Crippen LogP contribution >= 0.6 is 0 Å². The molecule has 1 fully saturated rings. The van der Waals surface area contributed by atoms with Crippen LogP contribution in [0.2, 0.25) is 0 Å². The highest BCUT2D eigenvalue weighted by molar-refractivity contribution is 7.93. The van der Waals surface area contributed by atoms with Crippen LogP contribution in [0.3, 0.4) is 0 Å². The molecule has 32 heavy (non-hydrogen) atoms. The van der Waals surface area contributed by atoms with Gasteiger partial charge in [0.15, 0.2) is 0 Å². The standard InChI is InChI=1S/C24H28N4O3S/c1-4-27-15-17(2)28(18(3)16-27)24(29)20-10-12-21(13-11-20)26-32(30,31)22-9-5-7-19-8-6-14-25-23(19)22/h5-14,17-18,26H,4,15-16H2,1-3H3. The second-order valence-electron chi connectivity index (χ2n) is 8.28. The summed E-state index contributed by atoms with van der Waals surface area (Å²) in [6.07, 6.45) is 1.57. The quantitative estimate of drug-likeness (QED) is 0.640. The van der Waals surface area contributed by atoms with Gasteiger partial charge >= 0.3 is 0 Å². The number of likely N-dealkylation sites (N-methyl/N-ethyl adjacent to an activating group) is 1. The summed E-state index contributed by atoms with van der Waals surface area (Å²) >= 11 is 0. The van der Waals surface area contributed by atoms with Crippen LogP contribution in [0.25, 0.3) is 10.9 Å². The first kappa shape index (κ1) is 22.2. The molecule has 3 aromatic rings. The lowest BCUT2D eigenvalue weighted by Gasteiger charge is -2.44. The minimum Gasteiger partial charge on any atom is -0.331 e. The fraction of sp³-hybridized carbons (Fsp3) is 0.333. The van der Waals surface area contributed by atoms with Crippen molar-refractivity contribution in [3.63, 3.8) is 0 Å². The van der Waals surface area contributed by atoms with E-state index in [1.54, 1.807) is 42.6 Å². The van der Waals surface area contributed by atoms with Gasteiger partial charge < -0.3 is 4.90 Å². The lowest BCUT2D eigenvalue weighted by Crippen LogP contribution is -2.58. The summed E-state index contributed by atoms with van der Waals surface area (Å²) in [6, 6.07) is 15.5. The molecule has 0 aliphatic carbocycles. The van der Waals surface area contributed by atoms with Gasteiger partial charge in [0.1, 0.15) is 4.90 Å². The summed E-state index contributed by atoms with van der Waals surface area (Å²) in [5.41, 5.74) is 1.36. The van der Waals surface area contributed by atoms with Gasteiger partial charge in [-0.1, -0.05) is 25.1 Å². The summed E-state index contributed by atoms with van der Waals surface area (Å²) < 4.78 is 28.6. The average molecular weight is 453 g/mol. The molecular weight excluding hydrogens is 424 g/mol. The molecule has 1 amide bonds. The van der Waals surface area contributed by atoms with Crippen LogP contribution in [-0.2, 0) is 10.0 Å². The van der Waals surface area contributed by atoms with Crippen molar-refractivity contribution in [2.24, 2.45) is 0 Å². The molecule has 7 nitrogen and oxygen atoms in total. The minimum absolute atomic E-state index is 0.0339. The van der Waals surface area contributed by atoms with Crippen molar-refractivity contribution in [2.45, 2.75) is 37.8 Å². The first-order chi connectivity index (χ1) is 15.3. The maximum Gasteiger partial charge on any atom is 0.264 e. The van der Waals surface area contributed by atoms with E-state index in [1.807, 2.05) is 17.0 Å². The Morgan fingerprint density at radius 2 is 1.69 bits per heavy atom. The number of sulfonamides is 1. The Bertz CT molecular complexity index is 1210. The van der Waals surface area contributed by atoms with Gasteiger partial charge in [-0.15, -0.1) is 0 Å². The Morgan fingerprint density at radius 1 is 1.03 bits per heavy atom. The Morgan fingerprint density at radius 3 is 2.34 bits per heavy atom. The van der Waals surface area contributed by atoms with Gasteiger partial charge in [0.25, 0.3) is 15.9 Å². The number of hydrogen-bond acceptors (Lipinski definition) is 5. The van der Waals surface area contributed by atoms with Crippen molar-refractivity contribution in [3.05, 3.63) is 66.4 Å². The zero-order chi connectivity index (χ0) is 22.9. The topological polar surface area (TPSA) is 82.6 Å². The van der Waals surface area contributed by atoms with Gasteiger partial charge in [0.05, 0.1) is 5.52 Å². The second kappa shape index (κ2) is 8.88. The number of aromatic nitrogens is 1. The molecule has 2 unspecified atom stereocenters. The van der Waals surface area contributed by atoms with Crippen LogP contribution in [0, 0.1) is 0 Å². The van der Waals surface area contributed by atoms with Crippen molar-refractivity contribution >= 4 is 32.5 Å². The molecule has 0 saturated carbocycles. The van der Waals surface area contributed by atoms with E-state index in [0.29, 0.717) is 16.8 Å². The van der Waals surface area contributed by atoms with E-state index in [2.05, 4.69) is 35.4 Å². The highest BCUT2D eigenvalue weighted by Crippen LogP contribution is 2.24. The van der Waals surface area contributed by atoms with Crippen molar-refractivity contribution in [3.8, 4) is 0 Å². The third-order valence-corrected chi connectivity index (χ3v) is 7.36.